The summed E-state index contributed by atoms with van der Waals surface area (Å²) >= 11 is 12.0. The molecule has 0 aromatic carbocycles. The van der Waals surface area contributed by atoms with Crippen molar-refractivity contribution in [3.8, 4) is 0 Å². The van der Waals surface area contributed by atoms with Gasteiger partial charge in [-0.2, -0.15) is 0 Å². The van der Waals surface area contributed by atoms with Crippen LogP contribution < -0.4 is 0 Å². The van der Waals surface area contributed by atoms with Crippen molar-refractivity contribution in [3.05, 3.63) is 0 Å². The Morgan fingerprint density at radius 2 is 1.57 bits per heavy atom. The van der Waals surface area contributed by atoms with Gasteiger partial charge in [0, 0.05) is 4.83 Å². The summed E-state index contributed by atoms with van der Waals surface area (Å²) in [6.07, 6.45) is 1.55. The molecule has 0 nitrogen and oxygen atoms in total. The minimum Gasteiger partial charge on any atom is -0.0884 e. The Bertz CT molecular complexity index is 350. The van der Waals surface area contributed by atoms with E-state index in [9.17, 15) is 0 Å². The third kappa shape index (κ3) is 0.551. The van der Waals surface area contributed by atoms with Gasteiger partial charge in [0.15, 0.2) is 0 Å². The van der Waals surface area contributed by atoms with Gasteiger partial charge in [0.05, 0.1) is 3.23 Å². The highest BCUT2D eigenvalue weighted by atomic mass is 79.9. The van der Waals surface area contributed by atoms with Crippen LogP contribution >= 0.6 is 47.8 Å². The molecule has 0 aromatic heterocycles. The molecule has 76 valence electrons. The molecule has 0 saturated heterocycles. The van der Waals surface area contributed by atoms with E-state index in [1.165, 1.54) is 0 Å². The first kappa shape index (κ1) is 8.52. The van der Waals surface area contributed by atoms with Gasteiger partial charge >= 0.3 is 0 Å². The Hall–Kier alpha value is 1.44. The molecule has 6 fully saturated rings. The second kappa shape index (κ2) is 2.08. The fraction of sp³-hybridized carbons (Fsp3) is 1.00. The first-order valence-electron chi connectivity index (χ1n) is 5.66. The Morgan fingerprint density at radius 3 is 2.29 bits per heavy atom. The molecule has 0 amide bonds. The van der Waals surface area contributed by atoms with Crippen LogP contribution in [0.25, 0.3) is 0 Å². The van der Waals surface area contributed by atoms with E-state index in [0.717, 1.165) is 52.2 Å². The molecule has 0 aromatic rings. The summed E-state index contributed by atoms with van der Waals surface area (Å²) < 4.78 is 0.330. The standard InChI is InChI=1S/C11H11Br3/c12-10-6-2-1-3-5(6)9-7(10)4(2)8(3)11(9,13)14/h2-10H,1H2/t2-,3-,4+,5-,6-,7+,8-,9-,10+/m0/s1. The molecule has 6 aliphatic rings. The largest absolute Gasteiger partial charge is 0.0884 e. The summed E-state index contributed by atoms with van der Waals surface area (Å²) in [5, 5.41) is 0. The molecule has 6 bridgehead atoms. The van der Waals surface area contributed by atoms with Crippen LogP contribution in [0.2, 0.25) is 0 Å². The number of alkyl halides is 3. The van der Waals surface area contributed by atoms with Crippen LogP contribution in [0.4, 0.5) is 0 Å². The Morgan fingerprint density at radius 1 is 0.857 bits per heavy atom. The maximum Gasteiger partial charge on any atom is 0.0873 e. The van der Waals surface area contributed by atoms with Crippen molar-refractivity contribution < 1.29 is 0 Å². The lowest BCUT2D eigenvalue weighted by molar-refractivity contribution is 0.132. The fourth-order valence-corrected chi connectivity index (χ4v) is 10.4. The summed E-state index contributed by atoms with van der Waals surface area (Å²) in [7, 11) is 0. The highest BCUT2D eigenvalue weighted by Crippen LogP contribution is 2.88. The molecule has 3 heteroatoms. The maximum atomic E-state index is 4.01. The highest BCUT2D eigenvalue weighted by Gasteiger charge is 2.86. The monoisotopic (exact) mass is 380 g/mol. The molecule has 6 aliphatic carbocycles. The van der Waals surface area contributed by atoms with Crippen LogP contribution in [-0.2, 0) is 0 Å². The predicted octanol–water partition coefficient (Wildman–Crippen LogP) is 3.62. The average molecular weight is 383 g/mol. The van der Waals surface area contributed by atoms with Gasteiger partial charge in [0.2, 0.25) is 0 Å². The van der Waals surface area contributed by atoms with Gasteiger partial charge in [-0.1, -0.05) is 47.8 Å². The first-order valence-corrected chi connectivity index (χ1v) is 8.16. The quantitative estimate of drug-likeness (QED) is 0.561. The molecule has 0 N–H and O–H groups in total. The molecule has 6 rings (SSSR count). The van der Waals surface area contributed by atoms with Crippen LogP contribution in [0.3, 0.4) is 0 Å². The van der Waals surface area contributed by atoms with Gasteiger partial charge in [0.25, 0.3) is 0 Å². The normalized spacial score (nSPS) is 78.6. The van der Waals surface area contributed by atoms with E-state index in [4.69, 9.17) is 0 Å². The van der Waals surface area contributed by atoms with E-state index in [1.54, 1.807) is 6.42 Å². The smallest absolute Gasteiger partial charge is 0.0873 e. The Kier molecular flexibility index (Phi) is 1.26. The number of hydrogen-bond acceptors (Lipinski definition) is 0. The first-order chi connectivity index (χ1) is 6.64. The van der Waals surface area contributed by atoms with Gasteiger partial charge in [0.1, 0.15) is 0 Å². The van der Waals surface area contributed by atoms with Gasteiger partial charge in [-0.15, -0.1) is 0 Å². The van der Waals surface area contributed by atoms with Crippen molar-refractivity contribution >= 4 is 47.8 Å². The van der Waals surface area contributed by atoms with E-state index in [-0.39, 0.29) is 0 Å². The summed E-state index contributed by atoms with van der Waals surface area (Å²) in [4.78, 5) is 0.861. The van der Waals surface area contributed by atoms with Gasteiger partial charge in [-0.25, -0.2) is 0 Å². The Balaban J connectivity index is 1.85. The molecule has 0 aliphatic heterocycles. The Labute approximate surface area is 109 Å². The second-order valence-electron chi connectivity index (χ2n) is 6.04. The molecule has 9 atom stereocenters. The third-order valence-electron chi connectivity index (χ3n) is 6.25. The lowest BCUT2D eigenvalue weighted by Gasteiger charge is -2.33. The lowest BCUT2D eigenvalue weighted by atomic mass is 9.71. The van der Waals surface area contributed by atoms with Crippen LogP contribution in [-0.4, -0.2) is 8.06 Å². The van der Waals surface area contributed by atoms with Gasteiger partial charge in [-0.3, -0.25) is 0 Å². The summed E-state index contributed by atoms with van der Waals surface area (Å²) in [5.74, 6) is 8.23. The summed E-state index contributed by atoms with van der Waals surface area (Å²) in [5.41, 5.74) is 0. The zero-order valence-electron chi connectivity index (χ0n) is 7.54. The molecular formula is C11H11Br3. The maximum absolute atomic E-state index is 4.01. The van der Waals surface area contributed by atoms with Gasteiger partial charge < -0.3 is 0 Å². The van der Waals surface area contributed by atoms with Gasteiger partial charge in [-0.05, 0) is 53.8 Å². The SMILES string of the molecule is Br[C@H]1[C@@H]2[C@H]3[C@@H]4C[C@H]5[C@@H]([C@@H]14)[C@@H]2C(Br)(Br)[C@@H]53. The van der Waals surface area contributed by atoms with Crippen molar-refractivity contribution in [1.29, 1.82) is 0 Å². The van der Waals surface area contributed by atoms with E-state index in [0.29, 0.717) is 3.23 Å². The van der Waals surface area contributed by atoms with Crippen LogP contribution in [0.15, 0.2) is 0 Å². The molecule has 6 saturated carbocycles. The van der Waals surface area contributed by atoms with E-state index in [2.05, 4.69) is 47.8 Å². The number of halogens is 3. The van der Waals surface area contributed by atoms with Crippen LogP contribution in [0, 0.1) is 47.3 Å². The van der Waals surface area contributed by atoms with E-state index >= 15 is 0 Å². The van der Waals surface area contributed by atoms with Crippen molar-refractivity contribution in [2.75, 3.05) is 0 Å². The van der Waals surface area contributed by atoms with Crippen LogP contribution in [0.1, 0.15) is 6.42 Å². The fourth-order valence-electron chi connectivity index (χ4n) is 6.47. The number of rotatable bonds is 0. The average Bonchev–Trinajstić information content (AvgIpc) is 2.79. The minimum atomic E-state index is 0.330. The third-order valence-corrected chi connectivity index (χ3v) is 9.58. The van der Waals surface area contributed by atoms with E-state index < -0.39 is 0 Å². The predicted molar refractivity (Wildman–Crippen MR) is 65.8 cm³/mol. The van der Waals surface area contributed by atoms with Crippen molar-refractivity contribution in [3.63, 3.8) is 0 Å². The molecular weight excluding hydrogens is 372 g/mol. The zero-order chi connectivity index (χ0) is 9.40. The molecule has 0 heterocycles. The highest BCUT2D eigenvalue weighted by molar-refractivity contribution is 9.25. The van der Waals surface area contributed by atoms with Crippen molar-refractivity contribution in [1.82, 2.24) is 0 Å². The lowest BCUT2D eigenvalue weighted by Crippen LogP contribution is -2.30. The van der Waals surface area contributed by atoms with Crippen molar-refractivity contribution in [2.45, 2.75) is 14.5 Å². The number of hydrogen-bond donors (Lipinski definition) is 0. The summed E-state index contributed by atoms with van der Waals surface area (Å²) in [6, 6.07) is 0. The molecule has 0 unspecified atom stereocenters. The van der Waals surface area contributed by atoms with E-state index in [1.807, 2.05) is 0 Å². The zero-order valence-corrected chi connectivity index (χ0v) is 12.3. The minimum absolute atomic E-state index is 0.330. The molecule has 0 radical (unpaired) electrons. The van der Waals surface area contributed by atoms with Crippen molar-refractivity contribution in [2.24, 2.45) is 47.3 Å². The topological polar surface area (TPSA) is 0 Å². The van der Waals surface area contributed by atoms with Crippen LogP contribution in [0.5, 0.6) is 0 Å². The summed E-state index contributed by atoms with van der Waals surface area (Å²) in [6.45, 7) is 0. The molecule has 14 heavy (non-hydrogen) atoms. The second-order valence-corrected chi connectivity index (χ2v) is 10.8. The molecule has 0 spiro atoms.